The van der Waals surface area contributed by atoms with Gasteiger partial charge in [0.2, 0.25) is 0 Å². The van der Waals surface area contributed by atoms with Crippen molar-refractivity contribution in [1.29, 1.82) is 0 Å². The lowest BCUT2D eigenvalue weighted by Gasteiger charge is -2.16. The third-order valence-corrected chi connectivity index (χ3v) is 4.62. The van der Waals surface area contributed by atoms with Gasteiger partial charge in [-0.15, -0.1) is 0 Å². The highest BCUT2D eigenvalue weighted by Crippen LogP contribution is 2.24. The molecule has 0 unspecified atom stereocenters. The van der Waals surface area contributed by atoms with Gasteiger partial charge in [0.15, 0.2) is 0 Å². The van der Waals surface area contributed by atoms with E-state index in [1.807, 2.05) is 42.5 Å². The van der Waals surface area contributed by atoms with Gasteiger partial charge in [0.05, 0.1) is 0 Å². The molecule has 1 aliphatic carbocycles. The molecule has 0 radical (unpaired) electrons. The first-order valence-corrected chi connectivity index (χ1v) is 8.26. The monoisotopic (exact) mass is 318 g/mol. The maximum absolute atomic E-state index is 12.6. The predicted octanol–water partition coefficient (Wildman–Crippen LogP) is 3.66. The van der Waals surface area contributed by atoms with Gasteiger partial charge in [-0.3, -0.25) is 9.59 Å². The molecule has 4 rings (SSSR count). The van der Waals surface area contributed by atoms with E-state index in [0.717, 1.165) is 53.4 Å². The molecule has 0 fully saturated rings. The Kier molecular flexibility index (Phi) is 3.65. The summed E-state index contributed by atoms with van der Waals surface area (Å²) >= 11 is 0. The number of nitrogens with one attached hydrogen (secondary N) is 2. The molecule has 4 nitrogen and oxygen atoms in total. The first-order valence-electron chi connectivity index (χ1n) is 8.26. The van der Waals surface area contributed by atoms with Crippen LogP contribution in [0.25, 0.3) is 10.8 Å². The third-order valence-electron chi connectivity index (χ3n) is 4.62. The highest BCUT2D eigenvalue weighted by Gasteiger charge is 2.17. The Hall–Kier alpha value is -2.88. The molecule has 1 aliphatic rings. The van der Waals surface area contributed by atoms with E-state index in [2.05, 4.69) is 10.3 Å². The van der Waals surface area contributed by atoms with Crippen molar-refractivity contribution in [3.05, 3.63) is 75.7 Å². The van der Waals surface area contributed by atoms with Crippen LogP contribution in [-0.2, 0) is 12.8 Å². The summed E-state index contributed by atoms with van der Waals surface area (Å²) in [5.41, 5.74) is 2.66. The van der Waals surface area contributed by atoms with Crippen LogP contribution in [0.3, 0.4) is 0 Å². The average molecular weight is 318 g/mol. The minimum atomic E-state index is -0.360. The molecule has 0 spiro atoms. The van der Waals surface area contributed by atoms with Crippen LogP contribution in [0.2, 0.25) is 0 Å². The number of carbonyl (C=O) groups is 1. The van der Waals surface area contributed by atoms with Crippen LogP contribution < -0.4 is 10.9 Å². The van der Waals surface area contributed by atoms with E-state index in [4.69, 9.17) is 0 Å². The van der Waals surface area contributed by atoms with E-state index in [0.29, 0.717) is 0 Å². The second-order valence-corrected chi connectivity index (χ2v) is 6.20. The van der Waals surface area contributed by atoms with Crippen LogP contribution >= 0.6 is 0 Å². The molecule has 0 saturated heterocycles. The SMILES string of the molecule is O=C(Nc1cccc2ccccc12)c1cc2c([nH]c1=O)CCCC2. The van der Waals surface area contributed by atoms with Gasteiger partial charge in [-0.25, -0.2) is 0 Å². The zero-order valence-electron chi connectivity index (χ0n) is 13.3. The van der Waals surface area contributed by atoms with E-state index in [1.54, 1.807) is 6.07 Å². The van der Waals surface area contributed by atoms with E-state index in [1.165, 1.54) is 0 Å². The van der Waals surface area contributed by atoms with E-state index < -0.39 is 0 Å². The smallest absolute Gasteiger partial charge is 0.261 e. The van der Waals surface area contributed by atoms with Crippen LogP contribution in [0.5, 0.6) is 0 Å². The normalized spacial score (nSPS) is 13.5. The summed E-state index contributed by atoms with van der Waals surface area (Å²) < 4.78 is 0. The average Bonchev–Trinajstić information content (AvgIpc) is 2.61. The molecule has 0 aliphatic heterocycles. The zero-order valence-corrected chi connectivity index (χ0v) is 13.3. The third kappa shape index (κ3) is 2.60. The summed E-state index contributed by atoms with van der Waals surface area (Å²) in [4.78, 5) is 27.8. The molecule has 0 bridgehead atoms. The number of hydrogen-bond donors (Lipinski definition) is 2. The lowest BCUT2D eigenvalue weighted by Crippen LogP contribution is -2.26. The lowest BCUT2D eigenvalue weighted by molar-refractivity contribution is 0.102. The fourth-order valence-corrected chi connectivity index (χ4v) is 3.37. The van der Waals surface area contributed by atoms with E-state index in [9.17, 15) is 9.59 Å². The van der Waals surface area contributed by atoms with Crippen molar-refractivity contribution >= 4 is 22.4 Å². The van der Waals surface area contributed by atoms with Crippen LogP contribution in [0.15, 0.2) is 53.3 Å². The second kappa shape index (κ2) is 5.96. The first kappa shape index (κ1) is 14.7. The largest absolute Gasteiger partial charge is 0.325 e. The van der Waals surface area contributed by atoms with Crippen molar-refractivity contribution in [2.45, 2.75) is 25.7 Å². The molecule has 1 aromatic heterocycles. The number of H-pyrrole nitrogens is 1. The number of carbonyl (C=O) groups excluding carboxylic acids is 1. The Balaban J connectivity index is 1.70. The van der Waals surface area contributed by atoms with Gasteiger partial charge in [0, 0.05) is 16.8 Å². The first-order chi connectivity index (χ1) is 11.7. The number of pyridine rings is 1. The molecule has 24 heavy (non-hydrogen) atoms. The fraction of sp³-hybridized carbons (Fsp3) is 0.200. The van der Waals surface area contributed by atoms with Crippen molar-refractivity contribution < 1.29 is 4.79 Å². The molecule has 1 heterocycles. The zero-order chi connectivity index (χ0) is 16.5. The van der Waals surface area contributed by atoms with Crippen LogP contribution in [0.4, 0.5) is 5.69 Å². The molecule has 1 amide bonds. The number of aryl methyl sites for hydroxylation is 2. The van der Waals surface area contributed by atoms with Gasteiger partial charge in [-0.1, -0.05) is 36.4 Å². The summed E-state index contributed by atoms with van der Waals surface area (Å²) in [6.45, 7) is 0. The lowest BCUT2D eigenvalue weighted by atomic mass is 9.95. The highest BCUT2D eigenvalue weighted by atomic mass is 16.2. The summed E-state index contributed by atoms with van der Waals surface area (Å²) in [6, 6.07) is 15.4. The van der Waals surface area contributed by atoms with Crippen LogP contribution in [0, 0.1) is 0 Å². The topological polar surface area (TPSA) is 62.0 Å². The Morgan fingerprint density at radius 1 is 1.00 bits per heavy atom. The molecule has 120 valence electrons. The van der Waals surface area contributed by atoms with Crippen molar-refractivity contribution in [2.24, 2.45) is 0 Å². The number of rotatable bonds is 2. The van der Waals surface area contributed by atoms with Crippen molar-refractivity contribution in [2.75, 3.05) is 5.32 Å². The summed E-state index contributed by atoms with van der Waals surface area (Å²) in [5, 5.41) is 4.90. The second-order valence-electron chi connectivity index (χ2n) is 6.20. The number of fused-ring (bicyclic) bond motifs is 2. The molecule has 0 saturated carbocycles. The standard InChI is InChI=1S/C20H18N2O2/c23-19-16(12-14-7-2-4-10-17(14)21-19)20(24)22-18-11-5-8-13-6-1-3-9-15(13)18/h1,3,5-6,8-9,11-12H,2,4,7,10H2,(H,21,23)(H,22,24). The van der Waals surface area contributed by atoms with Gasteiger partial charge in [-0.05, 0) is 48.8 Å². The minimum absolute atomic E-state index is 0.184. The van der Waals surface area contributed by atoms with Gasteiger partial charge < -0.3 is 10.3 Å². The van der Waals surface area contributed by atoms with E-state index >= 15 is 0 Å². The molecule has 3 aromatic rings. The fourth-order valence-electron chi connectivity index (χ4n) is 3.37. The summed E-state index contributed by atoms with van der Waals surface area (Å²) in [7, 11) is 0. The summed E-state index contributed by atoms with van der Waals surface area (Å²) in [5.74, 6) is -0.360. The van der Waals surface area contributed by atoms with Gasteiger partial charge in [-0.2, -0.15) is 0 Å². The number of anilines is 1. The molecular formula is C20H18N2O2. The predicted molar refractivity (Wildman–Crippen MR) is 95.6 cm³/mol. The van der Waals surface area contributed by atoms with Crippen LogP contribution in [0.1, 0.15) is 34.5 Å². The number of aromatic nitrogens is 1. The van der Waals surface area contributed by atoms with Crippen molar-refractivity contribution in [1.82, 2.24) is 4.98 Å². The Morgan fingerprint density at radius 3 is 2.71 bits per heavy atom. The Morgan fingerprint density at radius 2 is 1.79 bits per heavy atom. The number of benzene rings is 2. The summed E-state index contributed by atoms with van der Waals surface area (Å²) in [6.07, 6.45) is 3.99. The Labute approximate surface area is 139 Å². The minimum Gasteiger partial charge on any atom is -0.325 e. The van der Waals surface area contributed by atoms with Gasteiger partial charge in [0.1, 0.15) is 5.56 Å². The van der Waals surface area contributed by atoms with Crippen LogP contribution in [-0.4, -0.2) is 10.9 Å². The maximum Gasteiger partial charge on any atom is 0.261 e. The van der Waals surface area contributed by atoms with E-state index in [-0.39, 0.29) is 17.0 Å². The van der Waals surface area contributed by atoms with Gasteiger partial charge in [0.25, 0.3) is 11.5 Å². The van der Waals surface area contributed by atoms with Crippen molar-refractivity contribution in [3.63, 3.8) is 0 Å². The maximum atomic E-state index is 12.6. The number of aromatic amines is 1. The molecule has 2 N–H and O–H groups in total. The highest BCUT2D eigenvalue weighted by molar-refractivity contribution is 6.09. The molecule has 0 atom stereocenters. The van der Waals surface area contributed by atoms with Gasteiger partial charge >= 0.3 is 0 Å². The Bertz CT molecular complexity index is 983. The molecule has 2 aromatic carbocycles. The van der Waals surface area contributed by atoms with Crippen molar-refractivity contribution in [3.8, 4) is 0 Å². The quantitative estimate of drug-likeness (QED) is 0.757. The number of amides is 1. The molecule has 4 heteroatoms. The number of hydrogen-bond acceptors (Lipinski definition) is 2. The molecular weight excluding hydrogens is 300 g/mol.